The quantitative estimate of drug-likeness (QED) is 0.642. The number of thiol groups is 2. The summed E-state index contributed by atoms with van der Waals surface area (Å²) < 4.78 is 5.31. The smallest absolute Gasteiger partial charge is 0.238 e. The summed E-state index contributed by atoms with van der Waals surface area (Å²) in [4.78, 5) is 27.1. The van der Waals surface area contributed by atoms with Crippen molar-refractivity contribution in [2.24, 2.45) is 23.7 Å². The molecule has 4 unspecified atom stereocenters. The molecule has 2 amide bonds. The van der Waals surface area contributed by atoms with Gasteiger partial charge < -0.3 is 4.74 Å². The van der Waals surface area contributed by atoms with Gasteiger partial charge in [0.1, 0.15) is 5.75 Å². The molecule has 2 aliphatic carbocycles. The third kappa shape index (κ3) is 1.68. The Balaban J connectivity index is 1.76. The van der Waals surface area contributed by atoms with E-state index >= 15 is 0 Å². The van der Waals surface area contributed by atoms with Crippen LogP contribution in [-0.2, 0) is 9.59 Å². The highest BCUT2D eigenvalue weighted by Crippen LogP contribution is 2.59. The fourth-order valence-corrected chi connectivity index (χ4v) is 5.54. The van der Waals surface area contributed by atoms with Crippen LogP contribution in [0.3, 0.4) is 0 Å². The molecule has 2 saturated carbocycles. The van der Waals surface area contributed by atoms with E-state index in [0.29, 0.717) is 11.4 Å². The summed E-state index contributed by atoms with van der Waals surface area (Å²) in [7, 11) is 1.54. The molecule has 3 aliphatic rings. The Hall–Kier alpha value is -1.14. The van der Waals surface area contributed by atoms with Crippen LogP contribution in [0, 0.1) is 23.7 Å². The van der Waals surface area contributed by atoms with Crippen LogP contribution in [0.15, 0.2) is 24.3 Å². The Morgan fingerprint density at radius 3 is 2.14 bits per heavy atom. The predicted molar refractivity (Wildman–Crippen MR) is 89.6 cm³/mol. The topological polar surface area (TPSA) is 46.6 Å². The second kappa shape index (κ2) is 4.93. The number of fused-ring (bicyclic) bond motifs is 5. The maximum absolute atomic E-state index is 12.9. The predicted octanol–water partition coefficient (Wildman–Crippen LogP) is 2.05. The number of amides is 2. The number of imide groups is 1. The van der Waals surface area contributed by atoms with Crippen LogP contribution < -0.4 is 9.64 Å². The summed E-state index contributed by atoms with van der Waals surface area (Å²) in [6.07, 6.45) is 0.884. The van der Waals surface area contributed by atoms with Crippen molar-refractivity contribution in [2.45, 2.75) is 16.9 Å². The molecule has 0 aromatic heterocycles. The molecule has 22 heavy (non-hydrogen) atoms. The molecule has 6 heteroatoms. The summed E-state index contributed by atoms with van der Waals surface area (Å²) >= 11 is 9.23. The highest BCUT2D eigenvalue weighted by Gasteiger charge is 2.66. The molecule has 3 fully saturated rings. The van der Waals surface area contributed by atoms with Gasteiger partial charge in [0.2, 0.25) is 11.8 Å². The number of hydrogen-bond donors (Lipinski definition) is 2. The number of carbonyl (C=O) groups excluding carboxylic acids is 2. The minimum Gasteiger partial charge on any atom is -0.495 e. The maximum atomic E-state index is 12.9. The van der Waals surface area contributed by atoms with Crippen molar-refractivity contribution in [3.8, 4) is 5.75 Å². The Bertz CT molecular complexity index is 633. The molecule has 4 nitrogen and oxygen atoms in total. The van der Waals surface area contributed by atoms with E-state index in [9.17, 15) is 9.59 Å². The molecule has 1 aromatic rings. The van der Waals surface area contributed by atoms with Crippen LogP contribution in [0.4, 0.5) is 5.69 Å². The Morgan fingerprint density at radius 1 is 1.05 bits per heavy atom. The first-order valence-corrected chi connectivity index (χ1v) is 8.46. The average molecular weight is 335 g/mol. The van der Waals surface area contributed by atoms with Crippen LogP contribution in [-0.4, -0.2) is 29.4 Å². The summed E-state index contributed by atoms with van der Waals surface area (Å²) in [6.45, 7) is 0. The van der Waals surface area contributed by atoms with Crippen molar-refractivity contribution in [1.82, 2.24) is 0 Å². The van der Waals surface area contributed by atoms with E-state index in [2.05, 4.69) is 25.3 Å². The lowest BCUT2D eigenvalue weighted by Crippen LogP contribution is -2.38. The van der Waals surface area contributed by atoms with Gasteiger partial charge in [0, 0.05) is 10.5 Å². The highest BCUT2D eigenvalue weighted by molar-refractivity contribution is 7.85. The maximum Gasteiger partial charge on any atom is 0.238 e. The van der Waals surface area contributed by atoms with Gasteiger partial charge in [-0.1, -0.05) is 12.1 Å². The monoisotopic (exact) mass is 335 g/mol. The normalized spacial score (nSPS) is 39.5. The van der Waals surface area contributed by atoms with Gasteiger partial charge in [-0.2, -0.15) is 25.3 Å². The molecule has 0 spiro atoms. The lowest BCUT2D eigenvalue weighted by Gasteiger charge is -2.30. The summed E-state index contributed by atoms with van der Waals surface area (Å²) in [5.41, 5.74) is 0.542. The SMILES string of the molecule is COc1ccccc1N1C(=O)C2C(C1=O)C1CC2[C@H](S)[C@H]1S. The van der Waals surface area contributed by atoms with E-state index in [-0.39, 0.29) is 46.0 Å². The molecule has 6 atom stereocenters. The number of benzene rings is 1. The molecular formula is C16H17NO3S2. The average Bonchev–Trinajstić information content (AvgIpc) is 3.12. The number of rotatable bonds is 2. The molecule has 116 valence electrons. The number of para-hydroxylation sites is 2. The summed E-state index contributed by atoms with van der Waals surface area (Å²) in [6, 6.07) is 7.16. The van der Waals surface area contributed by atoms with E-state index < -0.39 is 0 Å². The van der Waals surface area contributed by atoms with E-state index in [0.717, 1.165) is 6.42 Å². The van der Waals surface area contributed by atoms with Gasteiger partial charge in [-0.15, -0.1) is 0 Å². The van der Waals surface area contributed by atoms with Crippen LogP contribution >= 0.6 is 25.3 Å². The minimum atomic E-state index is -0.242. The zero-order valence-corrected chi connectivity index (χ0v) is 13.8. The lowest BCUT2D eigenvalue weighted by molar-refractivity contribution is -0.123. The third-order valence-corrected chi connectivity index (χ3v) is 7.06. The molecule has 2 bridgehead atoms. The number of anilines is 1. The molecule has 1 aliphatic heterocycles. The molecule has 1 saturated heterocycles. The van der Waals surface area contributed by atoms with E-state index in [1.165, 1.54) is 4.90 Å². The number of ether oxygens (including phenoxy) is 1. The minimum absolute atomic E-state index is 0.0870. The first kappa shape index (κ1) is 14.5. The molecule has 1 aromatic carbocycles. The Kier molecular flexibility index (Phi) is 3.24. The van der Waals surface area contributed by atoms with Crippen LogP contribution in [0.25, 0.3) is 0 Å². The molecule has 4 rings (SSSR count). The molecule has 1 heterocycles. The summed E-state index contributed by atoms with van der Waals surface area (Å²) in [5, 5.41) is 0.174. The number of methoxy groups -OCH3 is 1. The van der Waals surface area contributed by atoms with Crippen LogP contribution in [0.2, 0.25) is 0 Å². The number of nitrogens with zero attached hydrogens (tertiary/aromatic N) is 1. The van der Waals surface area contributed by atoms with Crippen molar-refractivity contribution in [1.29, 1.82) is 0 Å². The van der Waals surface area contributed by atoms with Gasteiger partial charge in [0.15, 0.2) is 0 Å². The first-order chi connectivity index (χ1) is 10.6. The van der Waals surface area contributed by atoms with Crippen molar-refractivity contribution in [2.75, 3.05) is 12.0 Å². The van der Waals surface area contributed by atoms with Crippen LogP contribution in [0.5, 0.6) is 5.75 Å². The lowest BCUT2D eigenvalue weighted by atomic mass is 9.80. The fourth-order valence-electron chi connectivity index (χ4n) is 4.48. The van der Waals surface area contributed by atoms with Gasteiger partial charge in [-0.25, -0.2) is 4.90 Å². The van der Waals surface area contributed by atoms with Crippen molar-refractivity contribution >= 4 is 42.8 Å². The summed E-state index contributed by atoms with van der Waals surface area (Å²) in [5.74, 6) is 0.148. The molecule has 0 N–H and O–H groups in total. The van der Waals surface area contributed by atoms with Gasteiger partial charge in [-0.3, -0.25) is 9.59 Å². The Morgan fingerprint density at radius 2 is 1.59 bits per heavy atom. The van der Waals surface area contributed by atoms with Gasteiger partial charge in [-0.05, 0) is 30.4 Å². The number of carbonyl (C=O) groups is 2. The van der Waals surface area contributed by atoms with Crippen molar-refractivity contribution < 1.29 is 14.3 Å². The van der Waals surface area contributed by atoms with E-state index in [1.54, 1.807) is 19.2 Å². The van der Waals surface area contributed by atoms with Gasteiger partial charge in [0.25, 0.3) is 0 Å². The number of hydrogen-bond acceptors (Lipinski definition) is 5. The van der Waals surface area contributed by atoms with E-state index in [4.69, 9.17) is 4.74 Å². The van der Waals surface area contributed by atoms with Gasteiger partial charge in [0.05, 0.1) is 24.6 Å². The standard InChI is InChI=1S/C16H17NO3S2/c1-20-10-5-3-2-4-9(10)17-15(18)11-7-6-8(12(11)16(17)19)14(22)13(7)21/h2-5,7-8,11-14,21-22H,6H2,1H3/t7?,8?,11?,12?,13-,14-/m0/s1. The van der Waals surface area contributed by atoms with Gasteiger partial charge >= 0.3 is 0 Å². The second-order valence-electron chi connectivity index (χ2n) is 6.28. The third-order valence-electron chi connectivity index (χ3n) is 5.42. The Labute approximate surface area is 140 Å². The largest absolute Gasteiger partial charge is 0.495 e. The zero-order chi connectivity index (χ0) is 15.6. The van der Waals surface area contributed by atoms with Crippen molar-refractivity contribution in [3.05, 3.63) is 24.3 Å². The highest BCUT2D eigenvalue weighted by atomic mass is 32.1. The first-order valence-electron chi connectivity index (χ1n) is 7.43. The second-order valence-corrected chi connectivity index (χ2v) is 7.47. The van der Waals surface area contributed by atoms with E-state index in [1.807, 2.05) is 12.1 Å². The zero-order valence-electron chi connectivity index (χ0n) is 12.0. The fraction of sp³-hybridized carbons (Fsp3) is 0.500. The molecule has 0 radical (unpaired) electrons. The van der Waals surface area contributed by atoms with Crippen LogP contribution in [0.1, 0.15) is 6.42 Å². The van der Waals surface area contributed by atoms with Crippen molar-refractivity contribution in [3.63, 3.8) is 0 Å². The molecular weight excluding hydrogens is 318 g/mol.